The van der Waals surface area contributed by atoms with Crippen LogP contribution in [0.3, 0.4) is 0 Å². The van der Waals surface area contributed by atoms with Gasteiger partial charge in [0.2, 0.25) is 11.8 Å². The third-order valence-corrected chi connectivity index (χ3v) is 8.86. The van der Waals surface area contributed by atoms with Crippen molar-refractivity contribution in [2.75, 3.05) is 33.2 Å². The molecule has 4 rings (SSSR count). The molecule has 2 aliphatic heterocycles. The summed E-state index contributed by atoms with van der Waals surface area (Å²) in [5, 5.41) is 0.495. The van der Waals surface area contributed by atoms with Gasteiger partial charge in [-0.1, -0.05) is 23.7 Å². The Balaban J connectivity index is 1.63. The van der Waals surface area contributed by atoms with Crippen LogP contribution in [0.2, 0.25) is 5.02 Å². The maximum absolute atomic E-state index is 13.5. The molecule has 0 bridgehead atoms. The fourth-order valence-corrected chi connectivity index (χ4v) is 6.08. The van der Waals surface area contributed by atoms with Crippen molar-refractivity contribution < 1.29 is 40.7 Å². The number of alkyl halides is 6. The van der Waals surface area contributed by atoms with Crippen molar-refractivity contribution in [3.63, 3.8) is 0 Å². The Bertz CT molecular complexity index is 1360. The van der Waals surface area contributed by atoms with Gasteiger partial charge in [-0.2, -0.15) is 26.3 Å². The van der Waals surface area contributed by atoms with Crippen molar-refractivity contribution >= 4 is 29.3 Å². The summed E-state index contributed by atoms with van der Waals surface area (Å²) < 4.78 is 80.9. The molecule has 2 aromatic carbocycles. The average Bonchev–Trinajstić information content (AvgIpc) is 2.96. The Hall–Kier alpha value is -3.28. The largest absolute Gasteiger partial charge is 0.416 e. The van der Waals surface area contributed by atoms with Gasteiger partial charge in [-0.3, -0.25) is 14.4 Å². The first-order chi connectivity index (χ1) is 20.0. The lowest BCUT2D eigenvalue weighted by molar-refractivity contribution is -0.143. The molecule has 3 amide bonds. The lowest BCUT2D eigenvalue weighted by atomic mass is 9.83. The highest BCUT2D eigenvalue weighted by molar-refractivity contribution is 6.31. The topological polar surface area (TPSA) is 60.9 Å². The minimum atomic E-state index is -5.09. The molecule has 234 valence electrons. The molecule has 0 spiro atoms. The number of nitrogens with zero attached hydrogens (tertiary/aromatic N) is 3. The van der Waals surface area contributed by atoms with Crippen LogP contribution in [0.25, 0.3) is 0 Å². The van der Waals surface area contributed by atoms with E-state index in [9.17, 15) is 40.7 Å². The minimum absolute atomic E-state index is 0.0128. The molecule has 0 saturated carbocycles. The Morgan fingerprint density at radius 2 is 1.42 bits per heavy atom. The maximum Gasteiger partial charge on any atom is 0.416 e. The molecule has 0 N–H and O–H groups in total. The first kappa shape index (κ1) is 32.6. The molecule has 6 nitrogen and oxygen atoms in total. The van der Waals surface area contributed by atoms with Gasteiger partial charge in [0.1, 0.15) is 0 Å². The van der Waals surface area contributed by atoms with E-state index >= 15 is 0 Å². The minimum Gasteiger partial charge on any atom is -0.343 e. The van der Waals surface area contributed by atoms with E-state index in [2.05, 4.69) is 0 Å². The zero-order chi connectivity index (χ0) is 31.9. The molecule has 2 aromatic rings. The number of carbonyl (C=O) groups excluding carboxylic acids is 3. The molecule has 2 atom stereocenters. The molecular formula is C30H32ClF6N3O3. The quantitative estimate of drug-likeness (QED) is 0.367. The summed E-state index contributed by atoms with van der Waals surface area (Å²) in [6, 6.07) is 5.44. The number of aryl methyl sites for hydroxylation is 1. The zero-order valence-electron chi connectivity index (χ0n) is 23.9. The lowest BCUT2D eigenvalue weighted by Crippen LogP contribution is -2.53. The third-order valence-electron chi connectivity index (χ3n) is 8.44. The number of likely N-dealkylation sites (tertiary alicyclic amines) is 2. The van der Waals surface area contributed by atoms with Crippen molar-refractivity contribution in [3.8, 4) is 0 Å². The van der Waals surface area contributed by atoms with Crippen LogP contribution in [0.15, 0.2) is 36.4 Å². The molecule has 2 aliphatic rings. The Labute approximate surface area is 250 Å². The summed E-state index contributed by atoms with van der Waals surface area (Å²) >= 11 is 6.23. The van der Waals surface area contributed by atoms with E-state index in [-0.39, 0.29) is 43.3 Å². The van der Waals surface area contributed by atoms with Gasteiger partial charge in [0.25, 0.3) is 5.91 Å². The summed E-state index contributed by atoms with van der Waals surface area (Å²) in [6.45, 7) is 4.63. The van der Waals surface area contributed by atoms with Crippen LogP contribution in [0.4, 0.5) is 26.3 Å². The standard InChI is InChI=1S/C30H32ClF6N3O3/c1-17-12-20(4-5-25(17)31)24-16-40(28(43)19-6-9-39(10-7-19)18(2)41)11-8-26(24)38(3)27(42)21-13-22(29(32,33)34)15-23(14-21)30(35,36)37/h4-5,12-15,19,24,26H,6-11,16H2,1-3H3/t24-,26+/m0/s1. The first-order valence-corrected chi connectivity index (χ1v) is 14.2. The molecule has 0 radical (unpaired) electrons. The lowest BCUT2D eigenvalue weighted by Gasteiger charge is -2.44. The number of benzene rings is 2. The molecule has 0 aromatic heterocycles. The van der Waals surface area contributed by atoms with Crippen molar-refractivity contribution in [3.05, 3.63) is 69.2 Å². The Morgan fingerprint density at radius 3 is 1.93 bits per heavy atom. The molecular weight excluding hydrogens is 600 g/mol. The van der Waals surface area contributed by atoms with Gasteiger partial charge >= 0.3 is 12.4 Å². The number of carbonyl (C=O) groups is 3. The zero-order valence-corrected chi connectivity index (χ0v) is 24.6. The van der Waals surface area contributed by atoms with Crippen molar-refractivity contribution in [2.24, 2.45) is 5.92 Å². The van der Waals surface area contributed by atoms with E-state index in [1.165, 1.54) is 18.9 Å². The second-order valence-electron chi connectivity index (χ2n) is 11.2. The Morgan fingerprint density at radius 1 is 0.860 bits per heavy atom. The predicted octanol–water partition coefficient (Wildman–Crippen LogP) is 6.40. The van der Waals surface area contributed by atoms with Gasteiger partial charge < -0.3 is 14.7 Å². The number of amides is 3. The van der Waals surface area contributed by atoms with Gasteiger partial charge in [-0.05, 0) is 61.6 Å². The number of piperidine rings is 2. The summed E-state index contributed by atoms with van der Waals surface area (Å²) in [5.41, 5.74) is -2.40. The van der Waals surface area contributed by atoms with Crippen molar-refractivity contribution in [2.45, 2.75) is 57.4 Å². The van der Waals surface area contributed by atoms with Crippen LogP contribution in [0.1, 0.15) is 64.7 Å². The highest BCUT2D eigenvalue weighted by Gasteiger charge is 2.41. The van der Waals surface area contributed by atoms with Crippen LogP contribution in [0.5, 0.6) is 0 Å². The normalized spacial score (nSPS) is 20.2. The summed E-state index contributed by atoms with van der Waals surface area (Å²) in [5.74, 6) is -1.91. The molecule has 2 fully saturated rings. The number of halogens is 7. The molecule has 13 heteroatoms. The summed E-state index contributed by atoms with van der Waals surface area (Å²) in [6.07, 6.45) is -8.91. The van der Waals surface area contributed by atoms with Gasteiger partial charge in [0, 0.05) is 68.6 Å². The molecule has 43 heavy (non-hydrogen) atoms. The number of rotatable bonds is 4. The predicted molar refractivity (Wildman–Crippen MR) is 147 cm³/mol. The Kier molecular flexibility index (Phi) is 9.39. The van der Waals surface area contributed by atoms with E-state index in [1.54, 1.807) is 28.9 Å². The van der Waals surface area contributed by atoms with Gasteiger partial charge in [0.15, 0.2) is 0 Å². The van der Waals surface area contributed by atoms with E-state index in [0.717, 1.165) is 11.1 Å². The second kappa shape index (κ2) is 12.4. The van der Waals surface area contributed by atoms with Crippen LogP contribution < -0.4 is 0 Å². The molecule has 2 heterocycles. The highest BCUT2D eigenvalue weighted by atomic mass is 35.5. The van der Waals surface area contributed by atoms with Gasteiger partial charge in [0.05, 0.1) is 11.1 Å². The fourth-order valence-electron chi connectivity index (χ4n) is 5.96. The van der Waals surface area contributed by atoms with Crippen molar-refractivity contribution in [1.29, 1.82) is 0 Å². The van der Waals surface area contributed by atoms with Gasteiger partial charge in [-0.25, -0.2) is 0 Å². The maximum atomic E-state index is 13.5. The van der Waals surface area contributed by atoms with Gasteiger partial charge in [-0.15, -0.1) is 0 Å². The van der Waals surface area contributed by atoms with E-state index in [1.807, 2.05) is 6.07 Å². The van der Waals surface area contributed by atoms with Crippen LogP contribution in [-0.4, -0.2) is 71.7 Å². The smallest absolute Gasteiger partial charge is 0.343 e. The first-order valence-electron chi connectivity index (χ1n) is 13.8. The van der Waals surface area contributed by atoms with Crippen LogP contribution in [0, 0.1) is 12.8 Å². The van der Waals surface area contributed by atoms with E-state index in [0.29, 0.717) is 43.1 Å². The molecule has 0 unspecified atom stereocenters. The average molecular weight is 632 g/mol. The summed E-state index contributed by atoms with van der Waals surface area (Å²) in [7, 11) is 1.35. The van der Waals surface area contributed by atoms with Crippen LogP contribution >= 0.6 is 11.6 Å². The second-order valence-corrected chi connectivity index (χ2v) is 11.7. The number of hydrogen-bond acceptors (Lipinski definition) is 3. The third kappa shape index (κ3) is 7.27. The summed E-state index contributed by atoms with van der Waals surface area (Å²) in [4.78, 5) is 43.3. The monoisotopic (exact) mass is 631 g/mol. The highest BCUT2D eigenvalue weighted by Crippen LogP contribution is 2.38. The van der Waals surface area contributed by atoms with Crippen molar-refractivity contribution in [1.82, 2.24) is 14.7 Å². The number of hydrogen-bond donors (Lipinski definition) is 0. The van der Waals surface area contributed by atoms with Crippen LogP contribution in [-0.2, 0) is 21.9 Å². The molecule has 2 saturated heterocycles. The van der Waals surface area contributed by atoms with E-state index in [4.69, 9.17) is 11.6 Å². The number of likely N-dealkylation sites (N-methyl/N-ethyl adjacent to an activating group) is 1. The molecule has 0 aliphatic carbocycles. The SMILES string of the molecule is CC(=O)N1CCC(C(=O)N2CC[C@@H](N(C)C(=O)c3cc(C(F)(F)F)cc(C(F)(F)F)c3)[C@H](c3ccc(Cl)c(C)c3)C2)CC1. The fraction of sp³-hybridized carbons (Fsp3) is 0.500. The van der Waals surface area contributed by atoms with E-state index < -0.39 is 46.9 Å².